The maximum absolute atomic E-state index is 12.8. The molecule has 0 amide bonds. The molecule has 1 saturated heterocycles. The molecular formula is C15H23NO2S. The van der Waals surface area contributed by atoms with Crippen LogP contribution in [-0.2, 0) is 9.84 Å². The molecule has 3 nitrogen and oxygen atoms in total. The van der Waals surface area contributed by atoms with Gasteiger partial charge in [-0.1, -0.05) is 17.7 Å². The Morgan fingerprint density at radius 2 is 1.63 bits per heavy atom. The molecule has 1 aromatic rings. The zero-order chi connectivity index (χ0) is 14.5. The van der Waals surface area contributed by atoms with E-state index < -0.39 is 20.6 Å². The van der Waals surface area contributed by atoms with Gasteiger partial charge in [0.15, 0.2) is 9.84 Å². The average Bonchev–Trinajstić information content (AvgIpc) is 2.48. The fourth-order valence-electron chi connectivity index (χ4n) is 3.11. The summed E-state index contributed by atoms with van der Waals surface area (Å²) in [7, 11) is -3.30. The lowest BCUT2D eigenvalue weighted by Gasteiger charge is -2.28. The second kappa shape index (κ2) is 4.32. The zero-order valence-corrected chi connectivity index (χ0v) is 13.1. The van der Waals surface area contributed by atoms with E-state index in [1.54, 1.807) is 12.1 Å². The van der Waals surface area contributed by atoms with Gasteiger partial charge in [0.25, 0.3) is 0 Å². The van der Waals surface area contributed by atoms with E-state index in [0.717, 1.165) is 5.56 Å². The van der Waals surface area contributed by atoms with Crippen LogP contribution in [0.15, 0.2) is 29.2 Å². The van der Waals surface area contributed by atoms with Crippen LogP contribution in [0.5, 0.6) is 0 Å². The van der Waals surface area contributed by atoms with E-state index in [1.165, 1.54) is 0 Å². The molecule has 0 spiro atoms. The first kappa shape index (κ1) is 14.5. The van der Waals surface area contributed by atoms with Gasteiger partial charge in [-0.2, -0.15) is 0 Å². The molecule has 1 aromatic carbocycles. The summed E-state index contributed by atoms with van der Waals surface area (Å²) < 4.78 is 25.6. The molecule has 0 aromatic heterocycles. The lowest BCUT2D eigenvalue weighted by atomic mass is 10.0. The maximum Gasteiger partial charge on any atom is 0.183 e. The van der Waals surface area contributed by atoms with Crippen molar-refractivity contribution in [2.45, 2.75) is 62.3 Å². The molecule has 106 valence electrons. The van der Waals surface area contributed by atoms with Gasteiger partial charge in [-0.3, -0.25) is 0 Å². The summed E-state index contributed by atoms with van der Waals surface area (Å²) in [6, 6.07) is 7.14. The smallest absolute Gasteiger partial charge is 0.183 e. The Hall–Kier alpha value is -0.870. The van der Waals surface area contributed by atoms with Crippen LogP contribution in [0.4, 0.5) is 0 Å². The van der Waals surface area contributed by atoms with Crippen molar-refractivity contribution < 1.29 is 8.42 Å². The fourth-order valence-corrected chi connectivity index (χ4v) is 5.43. The molecular weight excluding hydrogens is 258 g/mol. The summed E-state index contributed by atoms with van der Waals surface area (Å²) in [5.74, 6) is 0. The van der Waals surface area contributed by atoms with E-state index in [1.807, 2.05) is 32.9 Å². The van der Waals surface area contributed by atoms with Crippen LogP contribution < -0.4 is 5.32 Å². The van der Waals surface area contributed by atoms with E-state index >= 15 is 0 Å². The third kappa shape index (κ3) is 2.70. The minimum atomic E-state index is -3.30. The lowest BCUT2D eigenvalue weighted by Crippen LogP contribution is -2.48. The van der Waals surface area contributed by atoms with Gasteiger partial charge in [0, 0.05) is 11.1 Å². The minimum Gasteiger partial charge on any atom is -0.306 e. The van der Waals surface area contributed by atoms with E-state index in [0.29, 0.717) is 11.3 Å². The fraction of sp³-hybridized carbons (Fsp3) is 0.600. The minimum absolute atomic E-state index is 0.147. The Balaban J connectivity index is 2.43. The van der Waals surface area contributed by atoms with Crippen molar-refractivity contribution in [1.29, 1.82) is 0 Å². The van der Waals surface area contributed by atoms with Gasteiger partial charge in [0.1, 0.15) is 0 Å². The Labute approximate surface area is 116 Å². The van der Waals surface area contributed by atoms with Crippen molar-refractivity contribution in [3.8, 4) is 0 Å². The molecule has 1 heterocycles. The second-order valence-electron chi connectivity index (χ2n) is 6.78. The SMILES string of the molecule is Cc1ccc(S(=O)(=O)C2CC(C)(C)NC2(C)C)cc1. The molecule has 1 N–H and O–H groups in total. The second-order valence-corrected chi connectivity index (χ2v) is 8.91. The van der Waals surface area contributed by atoms with E-state index in [2.05, 4.69) is 19.2 Å². The number of rotatable bonds is 2. The number of hydrogen-bond acceptors (Lipinski definition) is 3. The van der Waals surface area contributed by atoms with Crippen LogP contribution >= 0.6 is 0 Å². The summed E-state index contributed by atoms with van der Waals surface area (Å²) >= 11 is 0. The van der Waals surface area contributed by atoms with Crippen molar-refractivity contribution in [2.75, 3.05) is 0 Å². The van der Waals surface area contributed by atoms with E-state index in [4.69, 9.17) is 0 Å². The molecule has 2 rings (SSSR count). The van der Waals surface area contributed by atoms with Gasteiger partial charge in [0.2, 0.25) is 0 Å². The normalized spacial score (nSPS) is 25.4. The highest BCUT2D eigenvalue weighted by Gasteiger charge is 2.50. The number of aryl methyl sites for hydroxylation is 1. The van der Waals surface area contributed by atoms with Crippen molar-refractivity contribution in [3.05, 3.63) is 29.8 Å². The summed E-state index contributed by atoms with van der Waals surface area (Å²) in [6.45, 7) is 10.0. The van der Waals surface area contributed by atoms with Crippen LogP contribution in [0, 0.1) is 6.92 Å². The molecule has 1 atom stereocenters. The number of hydrogen-bond donors (Lipinski definition) is 1. The summed E-state index contributed by atoms with van der Waals surface area (Å²) in [5.41, 5.74) is 0.516. The van der Waals surface area contributed by atoms with Gasteiger partial charge in [-0.25, -0.2) is 8.42 Å². The molecule has 0 bridgehead atoms. The summed E-state index contributed by atoms with van der Waals surface area (Å²) in [6.07, 6.45) is 0.635. The maximum atomic E-state index is 12.8. The first-order valence-electron chi connectivity index (χ1n) is 6.65. The molecule has 0 saturated carbocycles. The van der Waals surface area contributed by atoms with Crippen LogP contribution in [-0.4, -0.2) is 24.7 Å². The van der Waals surface area contributed by atoms with Crippen molar-refractivity contribution in [3.63, 3.8) is 0 Å². The van der Waals surface area contributed by atoms with Crippen molar-refractivity contribution in [2.24, 2.45) is 0 Å². The van der Waals surface area contributed by atoms with Gasteiger partial charge in [0.05, 0.1) is 10.1 Å². The lowest BCUT2D eigenvalue weighted by molar-refractivity contribution is 0.369. The predicted molar refractivity (Wildman–Crippen MR) is 78.1 cm³/mol. The quantitative estimate of drug-likeness (QED) is 0.906. The zero-order valence-electron chi connectivity index (χ0n) is 12.3. The molecule has 1 fully saturated rings. The Morgan fingerprint density at radius 3 is 2.05 bits per heavy atom. The number of sulfone groups is 1. The highest BCUT2D eigenvalue weighted by atomic mass is 32.2. The van der Waals surface area contributed by atoms with Crippen LogP contribution in [0.2, 0.25) is 0 Å². The molecule has 1 aliphatic rings. The molecule has 19 heavy (non-hydrogen) atoms. The van der Waals surface area contributed by atoms with Crippen molar-refractivity contribution in [1.82, 2.24) is 5.32 Å². The number of nitrogens with one attached hydrogen (secondary N) is 1. The largest absolute Gasteiger partial charge is 0.306 e. The Bertz CT molecular complexity index is 571. The van der Waals surface area contributed by atoms with Crippen LogP contribution in [0.3, 0.4) is 0 Å². The van der Waals surface area contributed by atoms with E-state index in [-0.39, 0.29) is 5.54 Å². The molecule has 4 heteroatoms. The molecule has 1 unspecified atom stereocenters. The standard InChI is InChI=1S/C15H23NO2S/c1-11-6-8-12(9-7-11)19(17,18)13-10-14(2,3)16-15(13,4)5/h6-9,13,16H,10H2,1-5H3. The van der Waals surface area contributed by atoms with Gasteiger partial charge in [-0.15, -0.1) is 0 Å². The Kier molecular flexibility index (Phi) is 3.30. The Morgan fingerprint density at radius 1 is 1.11 bits per heavy atom. The van der Waals surface area contributed by atoms with Crippen LogP contribution in [0.1, 0.15) is 39.7 Å². The van der Waals surface area contributed by atoms with Crippen LogP contribution in [0.25, 0.3) is 0 Å². The predicted octanol–water partition coefficient (Wildman–Crippen LogP) is 2.69. The van der Waals surface area contributed by atoms with Gasteiger partial charge >= 0.3 is 0 Å². The average molecular weight is 281 g/mol. The van der Waals surface area contributed by atoms with E-state index in [9.17, 15) is 8.42 Å². The third-order valence-corrected chi connectivity index (χ3v) is 6.32. The summed E-state index contributed by atoms with van der Waals surface area (Å²) in [4.78, 5) is 0.427. The molecule has 0 aliphatic carbocycles. The van der Waals surface area contributed by atoms with Gasteiger partial charge < -0.3 is 5.32 Å². The number of benzene rings is 1. The first-order chi connectivity index (χ1) is 8.55. The highest BCUT2D eigenvalue weighted by molar-refractivity contribution is 7.92. The van der Waals surface area contributed by atoms with Crippen molar-refractivity contribution >= 4 is 9.84 Å². The molecule has 1 aliphatic heterocycles. The monoisotopic (exact) mass is 281 g/mol. The first-order valence-corrected chi connectivity index (χ1v) is 8.19. The highest BCUT2D eigenvalue weighted by Crippen LogP contribution is 2.37. The summed E-state index contributed by atoms with van der Waals surface area (Å²) in [5, 5.41) is 3.04. The van der Waals surface area contributed by atoms with Gasteiger partial charge in [-0.05, 0) is 53.2 Å². The molecule has 0 radical (unpaired) electrons. The topological polar surface area (TPSA) is 46.2 Å². The third-order valence-electron chi connectivity index (χ3n) is 3.89.